The van der Waals surface area contributed by atoms with Crippen LogP contribution in [0.1, 0.15) is 128 Å². The molecule has 6 aromatic rings. The lowest BCUT2D eigenvalue weighted by atomic mass is 9.96. The molecule has 4 aromatic heterocycles. The van der Waals surface area contributed by atoms with Crippen molar-refractivity contribution in [2.24, 2.45) is 0 Å². The molecule has 0 saturated carbocycles. The van der Waals surface area contributed by atoms with Crippen LogP contribution < -0.4 is 20.9 Å². The molecule has 0 radical (unpaired) electrons. The molecule has 0 aliphatic rings. The van der Waals surface area contributed by atoms with E-state index in [9.17, 15) is 67.1 Å². The molecule has 4 heterocycles. The van der Waals surface area contributed by atoms with E-state index in [1.807, 2.05) is 10.3 Å². The minimum absolute atomic E-state index is 0.132. The van der Waals surface area contributed by atoms with E-state index in [0.29, 0.717) is 23.6 Å². The number of amides is 2. The van der Waals surface area contributed by atoms with E-state index < -0.39 is 160 Å². The highest BCUT2D eigenvalue weighted by atomic mass is 19.4. The number of carbonyl (C=O) groups is 2. The Hall–Kier alpha value is -8.84. The molecule has 0 unspecified atom stereocenters. The van der Waals surface area contributed by atoms with Crippen LogP contribution in [0.3, 0.4) is 0 Å². The average molecular weight is 1330 g/mol. The Labute approximate surface area is 526 Å². The quantitative estimate of drug-likeness (QED) is 0.0325. The molecule has 2 amide bonds. The summed E-state index contributed by atoms with van der Waals surface area (Å²) in [5.74, 6) is -4.65. The van der Waals surface area contributed by atoms with Crippen LogP contribution in [-0.2, 0) is 55.7 Å². The summed E-state index contributed by atoms with van der Waals surface area (Å²) >= 11 is 0. The Balaban J connectivity index is 0.000000366. The van der Waals surface area contributed by atoms with Crippen molar-refractivity contribution >= 4 is 23.6 Å². The van der Waals surface area contributed by atoms with Crippen molar-refractivity contribution in [2.75, 3.05) is 10.6 Å². The lowest BCUT2D eigenvalue weighted by molar-refractivity contribution is -0.299. The Morgan fingerprint density at radius 2 is 1.02 bits per heavy atom. The van der Waals surface area contributed by atoms with E-state index >= 15 is 0 Å². The van der Waals surface area contributed by atoms with Gasteiger partial charge in [-0.3, -0.25) is 15.4 Å². The van der Waals surface area contributed by atoms with E-state index in [2.05, 4.69) is 57.0 Å². The summed E-state index contributed by atoms with van der Waals surface area (Å²) in [5, 5.41) is 27.0. The van der Waals surface area contributed by atoms with Gasteiger partial charge in [0, 0.05) is 6.42 Å². The SMILES string of the molecule is C=CCC[C@@](OCc1ccccc1)(c1nnc(-c2[nH]c(=O)c(C(F)(F)F)cc2NC(=O)OC(C)(C)C)o1)C(F)(F)F.C=CCC[C@@](OCc1ccccc1)(c1nnc(-c2nc(O[C@@H](C)CC=C)c(C(F)(F)F)cc2NC(=O)OC(C)(C)C)o1)C(F)(F)F.C=CC[C@@H](C)O. The van der Waals surface area contributed by atoms with Crippen LogP contribution in [-0.4, -0.2) is 83.4 Å². The molecule has 19 nitrogen and oxygen atoms in total. The minimum Gasteiger partial charge on any atom is -0.474 e. The number of H-pyrrole nitrogens is 1. The Morgan fingerprint density at radius 3 is 1.41 bits per heavy atom. The van der Waals surface area contributed by atoms with Crippen molar-refractivity contribution in [2.45, 2.75) is 166 Å². The van der Waals surface area contributed by atoms with Gasteiger partial charge in [0.25, 0.3) is 29.1 Å². The number of aromatic nitrogens is 6. The first-order valence-electron chi connectivity index (χ1n) is 28.1. The maximum Gasteiger partial charge on any atom is 0.426 e. The number of alkyl halides is 12. The Kier molecular flexibility index (Phi) is 26.5. The van der Waals surface area contributed by atoms with Gasteiger partial charge in [-0.05, 0) is 111 Å². The van der Waals surface area contributed by atoms with Crippen LogP contribution in [0.15, 0.2) is 137 Å². The highest BCUT2D eigenvalue weighted by Crippen LogP contribution is 2.49. The fourth-order valence-corrected chi connectivity index (χ4v) is 7.91. The third kappa shape index (κ3) is 22.2. The first-order chi connectivity index (χ1) is 43.1. The number of halogens is 12. The van der Waals surface area contributed by atoms with Crippen molar-refractivity contribution in [3.63, 3.8) is 0 Å². The molecule has 508 valence electrons. The number of nitrogens with one attached hydrogen (secondary N) is 3. The number of aliphatic hydroxyl groups is 1. The number of carbonyl (C=O) groups excluding carboxylic acids is 2. The fraction of sp³-hybridized carbons (Fsp3) is 0.419. The van der Waals surface area contributed by atoms with E-state index in [1.165, 1.54) is 78.8 Å². The molecule has 93 heavy (non-hydrogen) atoms. The molecule has 0 fully saturated rings. The van der Waals surface area contributed by atoms with Crippen molar-refractivity contribution in [1.29, 1.82) is 0 Å². The van der Waals surface area contributed by atoms with Crippen molar-refractivity contribution in [3.05, 3.63) is 168 Å². The number of ether oxygens (including phenoxy) is 5. The number of aromatic amines is 1. The number of hydrogen-bond donors (Lipinski definition) is 4. The average Bonchev–Trinajstić information content (AvgIpc) is 1.72. The first-order valence-corrected chi connectivity index (χ1v) is 28.1. The number of rotatable bonds is 24. The molecular weight excluding hydrogens is 1260 g/mol. The lowest BCUT2D eigenvalue weighted by Crippen LogP contribution is -2.45. The molecule has 6 rings (SSSR count). The van der Waals surface area contributed by atoms with Gasteiger partial charge in [0.15, 0.2) is 5.69 Å². The molecular formula is C62H70F12N8O11. The zero-order valence-electron chi connectivity index (χ0n) is 51.7. The van der Waals surface area contributed by atoms with Crippen molar-refractivity contribution in [1.82, 2.24) is 30.4 Å². The van der Waals surface area contributed by atoms with Crippen LogP contribution >= 0.6 is 0 Å². The van der Waals surface area contributed by atoms with Gasteiger partial charge in [-0.25, -0.2) is 14.6 Å². The van der Waals surface area contributed by atoms with Gasteiger partial charge < -0.3 is 42.6 Å². The molecule has 4 atom stereocenters. The summed E-state index contributed by atoms with van der Waals surface area (Å²) in [6.45, 7) is 25.1. The molecule has 2 aromatic carbocycles. The summed E-state index contributed by atoms with van der Waals surface area (Å²) in [6.07, 6.45) is -19.3. The lowest BCUT2D eigenvalue weighted by Gasteiger charge is -2.32. The maximum absolute atomic E-state index is 14.8. The number of anilines is 2. The predicted octanol–water partition coefficient (Wildman–Crippen LogP) is 16.5. The fourth-order valence-electron chi connectivity index (χ4n) is 7.91. The van der Waals surface area contributed by atoms with Gasteiger partial charge in [-0.1, -0.05) is 85.0 Å². The van der Waals surface area contributed by atoms with Gasteiger partial charge in [0.05, 0.1) is 30.7 Å². The van der Waals surface area contributed by atoms with Crippen molar-refractivity contribution < 1.29 is 99.9 Å². The zero-order chi connectivity index (χ0) is 70.0. The van der Waals surface area contributed by atoms with Gasteiger partial charge in [0.2, 0.25) is 17.1 Å². The summed E-state index contributed by atoms with van der Waals surface area (Å²) < 4.78 is 208. The number of allylic oxidation sites excluding steroid dienone is 2. The molecule has 0 aliphatic heterocycles. The van der Waals surface area contributed by atoms with Crippen LogP contribution in [0, 0.1) is 0 Å². The van der Waals surface area contributed by atoms with Crippen molar-refractivity contribution in [3.8, 4) is 29.0 Å². The third-order valence-corrected chi connectivity index (χ3v) is 12.2. The minimum atomic E-state index is -5.14. The summed E-state index contributed by atoms with van der Waals surface area (Å²) in [6, 6.07) is 16.7. The van der Waals surface area contributed by atoms with Crippen LogP contribution in [0.5, 0.6) is 5.88 Å². The standard InChI is InChI=1S/C31H34F6N4O5.C26H26F6N4O5.C5H10O/c1-7-9-16-29(31(35,36)37,43-18-20-14-11-10-12-15-20)26-41-40-25(45-26)23-22(38-27(42)46-28(4,5)6)17-21(30(32,33)34)24(39-23)44-19(3)13-8-2;1-5-6-12-24(26(30,31)32,39-14-15-10-8-7-9-11-15)21-36-35-20(40-21)18-17(33-22(38)41-23(2,3)4)13-16(19(37)34-18)25(27,28)29;1-3-4-5(2)6/h7-8,10-12,14-15,17,19H,1-2,9,13,16,18H2,3-6H3,(H,38,42);5,7-11,13H,1,6,12,14H2,2-4H3,(H,33,38)(H,34,37);3,5-6H,1,4H2,2H3/t19-,29+;24-;5-/m011/s1. The summed E-state index contributed by atoms with van der Waals surface area (Å²) in [7, 11) is 0. The number of nitrogens with zero attached hydrogens (tertiary/aromatic N) is 5. The number of pyridine rings is 2. The van der Waals surface area contributed by atoms with E-state index in [1.54, 1.807) is 61.5 Å². The Morgan fingerprint density at radius 1 is 0.602 bits per heavy atom. The largest absolute Gasteiger partial charge is 0.474 e. The van der Waals surface area contributed by atoms with Gasteiger partial charge in [-0.15, -0.1) is 46.7 Å². The summed E-state index contributed by atoms with van der Waals surface area (Å²) in [5.41, 5.74) is -15.0. The second-order valence-corrected chi connectivity index (χ2v) is 22.3. The Bertz CT molecular complexity index is 3500. The smallest absolute Gasteiger partial charge is 0.426 e. The third-order valence-electron chi connectivity index (χ3n) is 12.2. The highest BCUT2D eigenvalue weighted by Gasteiger charge is 2.62. The van der Waals surface area contributed by atoms with Crippen LogP contribution in [0.4, 0.5) is 73.6 Å². The molecule has 0 spiro atoms. The van der Waals surface area contributed by atoms with E-state index in [0.717, 1.165) is 0 Å². The maximum atomic E-state index is 14.8. The normalized spacial score (nSPS) is 14.0. The second kappa shape index (κ2) is 32.1. The van der Waals surface area contributed by atoms with E-state index in [4.69, 9.17) is 37.6 Å². The first kappa shape index (κ1) is 76.6. The molecule has 31 heteroatoms. The summed E-state index contributed by atoms with van der Waals surface area (Å²) in [4.78, 5) is 43.0. The van der Waals surface area contributed by atoms with Crippen LogP contribution in [0.2, 0.25) is 0 Å². The molecule has 0 saturated heterocycles. The van der Waals surface area contributed by atoms with E-state index in [-0.39, 0.29) is 31.4 Å². The predicted molar refractivity (Wildman–Crippen MR) is 316 cm³/mol. The molecule has 0 bridgehead atoms. The number of hydrogen-bond acceptors (Lipinski definition) is 16. The van der Waals surface area contributed by atoms with Gasteiger partial charge >= 0.3 is 36.9 Å². The molecule has 0 aliphatic carbocycles. The zero-order valence-corrected chi connectivity index (χ0v) is 51.7. The topological polar surface area (TPSA) is 248 Å². The van der Waals surface area contributed by atoms with Crippen LogP contribution in [0.25, 0.3) is 23.2 Å². The monoisotopic (exact) mass is 1330 g/mol. The highest BCUT2D eigenvalue weighted by molar-refractivity contribution is 5.90. The van der Waals surface area contributed by atoms with Gasteiger partial charge in [0.1, 0.15) is 34.1 Å². The number of benzene rings is 2. The van der Waals surface area contributed by atoms with Gasteiger partial charge in [-0.2, -0.15) is 52.7 Å². The number of aliphatic hydroxyl groups excluding tert-OH is 1. The molecule has 4 N–H and O–H groups in total. The second-order valence-electron chi connectivity index (χ2n) is 22.3.